The normalized spacial score (nSPS) is 14.5. The fourth-order valence-electron chi connectivity index (χ4n) is 3.31. The predicted octanol–water partition coefficient (Wildman–Crippen LogP) is -1.90. The first-order chi connectivity index (χ1) is 17.8. The number of nitrogens with two attached hydrogens (primary N) is 1. The van der Waals surface area contributed by atoms with Gasteiger partial charge in [0.05, 0.1) is 0 Å². The lowest BCUT2D eigenvalue weighted by atomic mass is 10.1. The lowest BCUT2D eigenvalue weighted by Gasteiger charge is -2.25. The SMILES string of the molecule is CCC(=O)C(NC(=O)C(CC)NC(=O)C(NC(=O)C(CC)NC(C)=O)C(=O)CC)C(=O)NC(CC)C(N)=O. The minimum Gasteiger partial charge on any atom is -0.368 e. The molecule has 214 valence electrons. The largest absolute Gasteiger partial charge is 0.368 e. The maximum atomic E-state index is 12.9. The minimum atomic E-state index is -1.65. The number of primary amides is 1. The number of Topliss-reactive ketones (excluding diaryl/α,β-unsaturated/α-hetero) is 2. The van der Waals surface area contributed by atoms with Gasteiger partial charge >= 0.3 is 0 Å². The third-order valence-electron chi connectivity index (χ3n) is 5.65. The van der Waals surface area contributed by atoms with Gasteiger partial charge in [-0.15, -0.1) is 0 Å². The van der Waals surface area contributed by atoms with Crippen LogP contribution in [0.15, 0.2) is 0 Å². The van der Waals surface area contributed by atoms with Crippen molar-refractivity contribution >= 4 is 47.0 Å². The second-order valence-corrected chi connectivity index (χ2v) is 8.53. The van der Waals surface area contributed by atoms with Crippen LogP contribution in [0, 0.1) is 0 Å². The summed E-state index contributed by atoms with van der Waals surface area (Å²) in [7, 11) is 0. The van der Waals surface area contributed by atoms with Crippen LogP contribution in [0.5, 0.6) is 0 Å². The first-order valence-corrected chi connectivity index (χ1v) is 12.6. The van der Waals surface area contributed by atoms with Gasteiger partial charge in [0.25, 0.3) is 11.8 Å². The number of carbonyl (C=O) groups excluding carboxylic acids is 8. The number of carbonyl (C=O) groups is 8. The van der Waals surface area contributed by atoms with Gasteiger partial charge in [0, 0.05) is 19.8 Å². The summed E-state index contributed by atoms with van der Waals surface area (Å²) in [4.78, 5) is 98.7. The van der Waals surface area contributed by atoms with Crippen molar-refractivity contribution in [3.8, 4) is 0 Å². The van der Waals surface area contributed by atoms with Crippen molar-refractivity contribution in [1.82, 2.24) is 26.6 Å². The van der Waals surface area contributed by atoms with Crippen LogP contribution < -0.4 is 32.3 Å². The molecule has 0 saturated heterocycles. The van der Waals surface area contributed by atoms with E-state index in [4.69, 9.17) is 5.73 Å². The van der Waals surface area contributed by atoms with Gasteiger partial charge in [-0.3, -0.25) is 38.4 Å². The molecule has 0 aromatic rings. The smallest absolute Gasteiger partial charge is 0.250 e. The summed E-state index contributed by atoms with van der Waals surface area (Å²) >= 11 is 0. The highest BCUT2D eigenvalue weighted by Gasteiger charge is 2.35. The molecule has 5 unspecified atom stereocenters. The average Bonchev–Trinajstić information content (AvgIpc) is 2.88. The molecule has 14 nitrogen and oxygen atoms in total. The third-order valence-corrected chi connectivity index (χ3v) is 5.65. The third kappa shape index (κ3) is 10.6. The van der Waals surface area contributed by atoms with E-state index < -0.39 is 77.2 Å². The standard InChI is InChI=1S/C24H40N6O8/c1-7-13(20(25)34)27-23(37)18(16(32)10-4)30-22(36)15(9-3)28-24(38)19(17(33)11-5)29-21(35)14(8-2)26-12(6)31/h13-15,18-19H,7-11H2,1-6H3,(H2,25,34)(H,26,31)(H,27,37)(H,28,38)(H,29,35)(H,30,36). The Bertz CT molecular complexity index is 922. The second-order valence-electron chi connectivity index (χ2n) is 8.53. The van der Waals surface area contributed by atoms with Gasteiger partial charge in [-0.2, -0.15) is 0 Å². The Morgan fingerprint density at radius 2 is 0.868 bits per heavy atom. The molecule has 0 bridgehead atoms. The first-order valence-electron chi connectivity index (χ1n) is 12.6. The van der Waals surface area contributed by atoms with E-state index in [2.05, 4.69) is 26.6 Å². The number of hydrogen-bond acceptors (Lipinski definition) is 8. The molecule has 7 N–H and O–H groups in total. The maximum Gasteiger partial charge on any atom is 0.250 e. The van der Waals surface area contributed by atoms with E-state index in [9.17, 15) is 38.4 Å². The number of amides is 6. The first kappa shape index (κ1) is 34.2. The predicted molar refractivity (Wildman–Crippen MR) is 136 cm³/mol. The highest BCUT2D eigenvalue weighted by Crippen LogP contribution is 2.02. The lowest BCUT2D eigenvalue weighted by Crippen LogP contribution is -2.61. The molecule has 0 aromatic heterocycles. The molecule has 38 heavy (non-hydrogen) atoms. The van der Waals surface area contributed by atoms with E-state index >= 15 is 0 Å². The molecule has 0 aromatic carbocycles. The molecule has 0 rings (SSSR count). The number of hydrogen-bond donors (Lipinski definition) is 6. The van der Waals surface area contributed by atoms with Gasteiger partial charge in [-0.25, -0.2) is 0 Å². The zero-order chi connectivity index (χ0) is 29.6. The highest BCUT2D eigenvalue weighted by molar-refractivity contribution is 6.11. The molecule has 0 aliphatic heterocycles. The van der Waals surface area contributed by atoms with Gasteiger partial charge < -0.3 is 32.3 Å². The van der Waals surface area contributed by atoms with Gasteiger partial charge in [0.15, 0.2) is 23.7 Å². The molecule has 0 aliphatic rings. The summed E-state index contributed by atoms with van der Waals surface area (Å²) in [6, 6.07) is -6.61. The monoisotopic (exact) mass is 540 g/mol. The lowest BCUT2D eigenvalue weighted by molar-refractivity contribution is -0.139. The summed E-state index contributed by atoms with van der Waals surface area (Å²) in [6.07, 6.45) is 0.152. The van der Waals surface area contributed by atoms with Crippen LogP contribution >= 0.6 is 0 Å². The number of nitrogens with one attached hydrogen (secondary N) is 5. The van der Waals surface area contributed by atoms with Gasteiger partial charge in [-0.1, -0.05) is 34.6 Å². The Kier molecular flexibility index (Phi) is 15.1. The van der Waals surface area contributed by atoms with E-state index in [1.807, 2.05) is 0 Å². The van der Waals surface area contributed by atoms with E-state index in [-0.39, 0.29) is 32.1 Å². The van der Waals surface area contributed by atoms with E-state index in [1.54, 1.807) is 20.8 Å². The summed E-state index contributed by atoms with van der Waals surface area (Å²) in [5, 5.41) is 11.7. The van der Waals surface area contributed by atoms with Crippen LogP contribution in [-0.2, 0) is 38.4 Å². The van der Waals surface area contributed by atoms with Crippen molar-refractivity contribution < 1.29 is 38.4 Å². The molecule has 5 atom stereocenters. The van der Waals surface area contributed by atoms with E-state index in [0.717, 1.165) is 0 Å². The molecule has 0 aliphatic carbocycles. The molecule has 0 radical (unpaired) electrons. The van der Waals surface area contributed by atoms with Crippen LogP contribution in [0.25, 0.3) is 0 Å². The van der Waals surface area contributed by atoms with E-state index in [0.29, 0.717) is 0 Å². The summed E-state index contributed by atoms with van der Waals surface area (Å²) in [6.45, 7) is 8.95. The number of ketones is 2. The van der Waals surface area contributed by atoms with Crippen LogP contribution in [0.2, 0.25) is 0 Å². The molecular weight excluding hydrogens is 500 g/mol. The van der Waals surface area contributed by atoms with Crippen LogP contribution in [-0.4, -0.2) is 77.2 Å². The Hall–Kier alpha value is -3.84. The Balaban J connectivity index is 5.71. The average molecular weight is 541 g/mol. The number of rotatable bonds is 17. The van der Waals surface area contributed by atoms with Crippen LogP contribution in [0.1, 0.15) is 73.6 Å². The molecule has 0 fully saturated rings. The van der Waals surface area contributed by atoms with Gasteiger partial charge in [0.1, 0.15) is 18.1 Å². The van der Waals surface area contributed by atoms with Crippen molar-refractivity contribution in [2.75, 3.05) is 0 Å². The van der Waals surface area contributed by atoms with Crippen molar-refractivity contribution in [1.29, 1.82) is 0 Å². The fourth-order valence-corrected chi connectivity index (χ4v) is 3.31. The molecule has 14 heteroatoms. The van der Waals surface area contributed by atoms with Crippen molar-refractivity contribution in [3.05, 3.63) is 0 Å². The minimum absolute atomic E-state index is 0.00948. The second kappa shape index (κ2) is 16.8. The zero-order valence-electron chi connectivity index (χ0n) is 22.8. The zero-order valence-corrected chi connectivity index (χ0v) is 22.8. The summed E-state index contributed by atoms with van der Waals surface area (Å²) in [5.41, 5.74) is 5.23. The van der Waals surface area contributed by atoms with Gasteiger partial charge in [0.2, 0.25) is 23.6 Å². The Morgan fingerprint density at radius 3 is 1.16 bits per heavy atom. The summed E-state index contributed by atoms with van der Waals surface area (Å²) in [5.74, 6) is -6.14. The van der Waals surface area contributed by atoms with Crippen molar-refractivity contribution in [2.45, 2.75) is 104 Å². The van der Waals surface area contributed by atoms with Gasteiger partial charge in [-0.05, 0) is 19.3 Å². The Morgan fingerprint density at radius 1 is 0.526 bits per heavy atom. The Labute approximate surface area is 222 Å². The fraction of sp³-hybridized carbons (Fsp3) is 0.667. The molecule has 0 heterocycles. The molecule has 6 amide bonds. The van der Waals surface area contributed by atoms with Crippen LogP contribution in [0.3, 0.4) is 0 Å². The summed E-state index contributed by atoms with van der Waals surface area (Å²) < 4.78 is 0. The van der Waals surface area contributed by atoms with Crippen LogP contribution in [0.4, 0.5) is 0 Å². The quantitative estimate of drug-likeness (QED) is 0.114. The highest BCUT2D eigenvalue weighted by atomic mass is 16.2. The maximum absolute atomic E-state index is 12.9. The molecule has 0 spiro atoms. The topological polar surface area (TPSA) is 223 Å². The van der Waals surface area contributed by atoms with E-state index in [1.165, 1.54) is 20.8 Å². The van der Waals surface area contributed by atoms with Crippen molar-refractivity contribution in [2.24, 2.45) is 5.73 Å². The van der Waals surface area contributed by atoms with Crippen molar-refractivity contribution in [3.63, 3.8) is 0 Å². The molecular formula is C24H40N6O8. The molecule has 0 saturated carbocycles.